The summed E-state index contributed by atoms with van der Waals surface area (Å²) >= 11 is 0. The van der Waals surface area contributed by atoms with Crippen LogP contribution >= 0.6 is 0 Å². The Morgan fingerprint density at radius 3 is 2.38 bits per heavy atom. The van der Waals surface area contributed by atoms with Gasteiger partial charge in [-0.05, 0) is 25.8 Å². The van der Waals surface area contributed by atoms with E-state index in [0.717, 1.165) is 32.2 Å². The van der Waals surface area contributed by atoms with E-state index >= 15 is 0 Å². The van der Waals surface area contributed by atoms with Crippen molar-refractivity contribution in [3.63, 3.8) is 0 Å². The molecule has 0 amide bonds. The standard InChI is InChI=1S/C11H21F3N2/c1-2-3-6-16(10-4-5-10)8-9(7-15)11(12,13)14/h9-10H,2-8,15H2,1H3. The molecule has 0 radical (unpaired) electrons. The van der Waals surface area contributed by atoms with Gasteiger partial charge in [-0.3, -0.25) is 4.90 Å². The van der Waals surface area contributed by atoms with Crippen LogP contribution < -0.4 is 5.73 Å². The molecule has 96 valence electrons. The summed E-state index contributed by atoms with van der Waals surface area (Å²) < 4.78 is 37.7. The van der Waals surface area contributed by atoms with Crippen LogP contribution in [0.3, 0.4) is 0 Å². The summed E-state index contributed by atoms with van der Waals surface area (Å²) in [7, 11) is 0. The second kappa shape index (κ2) is 5.87. The van der Waals surface area contributed by atoms with E-state index < -0.39 is 12.1 Å². The molecule has 1 aliphatic carbocycles. The van der Waals surface area contributed by atoms with Gasteiger partial charge in [0, 0.05) is 19.1 Å². The lowest BCUT2D eigenvalue weighted by molar-refractivity contribution is -0.176. The number of rotatable bonds is 7. The molecule has 2 N–H and O–H groups in total. The number of hydrogen-bond donors (Lipinski definition) is 1. The summed E-state index contributed by atoms with van der Waals surface area (Å²) in [6.07, 6.45) is -0.0972. The first-order valence-electron chi connectivity index (χ1n) is 5.99. The van der Waals surface area contributed by atoms with E-state index in [9.17, 15) is 13.2 Å². The van der Waals surface area contributed by atoms with E-state index in [2.05, 4.69) is 6.92 Å². The summed E-state index contributed by atoms with van der Waals surface area (Å²) in [5.74, 6) is -1.37. The van der Waals surface area contributed by atoms with Crippen LogP contribution in [-0.4, -0.2) is 36.8 Å². The van der Waals surface area contributed by atoms with Crippen LogP contribution in [0.2, 0.25) is 0 Å². The molecular weight excluding hydrogens is 217 g/mol. The number of alkyl halides is 3. The molecule has 1 rings (SSSR count). The minimum atomic E-state index is -4.16. The summed E-state index contributed by atoms with van der Waals surface area (Å²) in [5, 5.41) is 0. The maximum Gasteiger partial charge on any atom is 0.394 e. The topological polar surface area (TPSA) is 29.3 Å². The number of hydrogen-bond acceptors (Lipinski definition) is 2. The molecule has 2 nitrogen and oxygen atoms in total. The van der Waals surface area contributed by atoms with Crippen LogP contribution in [0.1, 0.15) is 32.6 Å². The SMILES string of the molecule is CCCCN(CC(CN)C(F)(F)F)C1CC1. The second-order valence-electron chi connectivity index (χ2n) is 4.55. The molecule has 1 saturated carbocycles. The first-order chi connectivity index (χ1) is 7.49. The molecule has 0 heterocycles. The fourth-order valence-corrected chi connectivity index (χ4v) is 1.82. The molecule has 0 aromatic carbocycles. The monoisotopic (exact) mass is 238 g/mol. The minimum absolute atomic E-state index is 0.0741. The zero-order valence-electron chi connectivity index (χ0n) is 9.76. The Morgan fingerprint density at radius 2 is 2.00 bits per heavy atom. The number of unbranched alkanes of at least 4 members (excludes halogenated alkanes) is 1. The van der Waals surface area contributed by atoms with Gasteiger partial charge in [0.25, 0.3) is 0 Å². The first-order valence-corrected chi connectivity index (χ1v) is 5.99. The predicted octanol–water partition coefficient (Wildman–Crippen LogP) is 2.39. The normalized spacial score (nSPS) is 19.1. The minimum Gasteiger partial charge on any atom is -0.330 e. The summed E-state index contributed by atoms with van der Waals surface area (Å²) in [4.78, 5) is 1.97. The van der Waals surface area contributed by atoms with Crippen molar-refractivity contribution in [3.05, 3.63) is 0 Å². The van der Waals surface area contributed by atoms with Gasteiger partial charge in [-0.2, -0.15) is 13.2 Å². The molecule has 1 unspecified atom stereocenters. The molecule has 0 aromatic rings. The smallest absolute Gasteiger partial charge is 0.330 e. The number of nitrogens with two attached hydrogens (primary N) is 1. The summed E-state index contributed by atoms with van der Waals surface area (Å²) in [6.45, 7) is 2.59. The molecule has 1 fully saturated rings. The lowest BCUT2D eigenvalue weighted by Crippen LogP contribution is -2.42. The molecular formula is C11H21F3N2. The average Bonchev–Trinajstić information content (AvgIpc) is 3.00. The molecule has 16 heavy (non-hydrogen) atoms. The highest BCUT2D eigenvalue weighted by Gasteiger charge is 2.41. The molecule has 1 atom stereocenters. The Bertz CT molecular complexity index is 202. The fraction of sp³-hybridized carbons (Fsp3) is 1.00. The van der Waals surface area contributed by atoms with Crippen LogP contribution in [0.4, 0.5) is 13.2 Å². The highest BCUT2D eigenvalue weighted by molar-refractivity contribution is 4.87. The Morgan fingerprint density at radius 1 is 1.38 bits per heavy atom. The molecule has 0 aromatic heterocycles. The number of nitrogens with zero attached hydrogens (tertiary/aromatic N) is 1. The lowest BCUT2D eigenvalue weighted by atomic mass is 10.1. The van der Waals surface area contributed by atoms with E-state index in [1.54, 1.807) is 0 Å². The van der Waals surface area contributed by atoms with Crippen LogP contribution in [0.25, 0.3) is 0 Å². The quantitative estimate of drug-likeness (QED) is 0.738. The van der Waals surface area contributed by atoms with Gasteiger partial charge in [0.1, 0.15) is 0 Å². The molecule has 1 aliphatic rings. The highest BCUT2D eigenvalue weighted by atomic mass is 19.4. The van der Waals surface area contributed by atoms with Crippen molar-refractivity contribution in [1.82, 2.24) is 4.90 Å². The maximum absolute atomic E-state index is 12.6. The third-order valence-electron chi connectivity index (χ3n) is 3.06. The maximum atomic E-state index is 12.6. The van der Waals surface area contributed by atoms with Crippen LogP contribution in [-0.2, 0) is 0 Å². The van der Waals surface area contributed by atoms with Gasteiger partial charge in [0.2, 0.25) is 0 Å². The molecule has 0 bridgehead atoms. The Labute approximate surface area is 95.0 Å². The largest absolute Gasteiger partial charge is 0.394 e. The van der Waals surface area contributed by atoms with E-state index in [0.29, 0.717) is 6.04 Å². The highest BCUT2D eigenvalue weighted by Crippen LogP contribution is 2.32. The lowest BCUT2D eigenvalue weighted by Gasteiger charge is -2.28. The first kappa shape index (κ1) is 13.8. The van der Waals surface area contributed by atoms with Gasteiger partial charge in [-0.1, -0.05) is 13.3 Å². The molecule has 0 spiro atoms. The van der Waals surface area contributed by atoms with Crippen LogP contribution in [0.5, 0.6) is 0 Å². The Kier molecular flexibility index (Phi) is 5.05. The zero-order valence-corrected chi connectivity index (χ0v) is 9.76. The number of halogens is 3. The van der Waals surface area contributed by atoms with Crippen molar-refractivity contribution in [2.24, 2.45) is 11.7 Å². The summed E-state index contributed by atoms with van der Waals surface area (Å²) in [6, 6.07) is 0.378. The van der Waals surface area contributed by atoms with E-state index in [1.807, 2.05) is 4.90 Å². The second-order valence-corrected chi connectivity index (χ2v) is 4.55. The Hall–Kier alpha value is -0.290. The van der Waals surface area contributed by atoms with Crippen molar-refractivity contribution in [3.8, 4) is 0 Å². The van der Waals surface area contributed by atoms with Crippen molar-refractivity contribution >= 4 is 0 Å². The van der Waals surface area contributed by atoms with Gasteiger partial charge in [-0.25, -0.2) is 0 Å². The van der Waals surface area contributed by atoms with E-state index in [1.165, 1.54) is 0 Å². The van der Waals surface area contributed by atoms with Crippen molar-refractivity contribution in [2.45, 2.75) is 44.8 Å². The molecule has 0 aliphatic heterocycles. The van der Waals surface area contributed by atoms with Gasteiger partial charge in [0.05, 0.1) is 5.92 Å². The summed E-state index contributed by atoms with van der Waals surface area (Å²) in [5.41, 5.74) is 5.21. The van der Waals surface area contributed by atoms with Crippen molar-refractivity contribution in [2.75, 3.05) is 19.6 Å². The average molecular weight is 238 g/mol. The van der Waals surface area contributed by atoms with E-state index in [-0.39, 0.29) is 13.1 Å². The van der Waals surface area contributed by atoms with Gasteiger partial charge in [-0.15, -0.1) is 0 Å². The molecule has 0 saturated heterocycles. The van der Waals surface area contributed by atoms with Crippen molar-refractivity contribution < 1.29 is 13.2 Å². The Balaban J connectivity index is 2.45. The van der Waals surface area contributed by atoms with Crippen LogP contribution in [0, 0.1) is 5.92 Å². The predicted molar refractivity (Wildman–Crippen MR) is 58.1 cm³/mol. The zero-order chi connectivity index (χ0) is 12.2. The van der Waals surface area contributed by atoms with Gasteiger partial charge >= 0.3 is 6.18 Å². The van der Waals surface area contributed by atoms with Crippen molar-refractivity contribution in [1.29, 1.82) is 0 Å². The fourth-order valence-electron chi connectivity index (χ4n) is 1.82. The van der Waals surface area contributed by atoms with Gasteiger partial charge in [0.15, 0.2) is 0 Å². The van der Waals surface area contributed by atoms with E-state index in [4.69, 9.17) is 5.73 Å². The van der Waals surface area contributed by atoms with Gasteiger partial charge < -0.3 is 5.73 Å². The third-order valence-corrected chi connectivity index (χ3v) is 3.06. The molecule has 5 heteroatoms. The third kappa shape index (κ3) is 4.29. The van der Waals surface area contributed by atoms with Crippen LogP contribution in [0.15, 0.2) is 0 Å².